The zero-order valence-electron chi connectivity index (χ0n) is 20.5. The number of nitrogens with two attached hydrogens (primary N) is 2. The molecule has 1 saturated heterocycles. The lowest BCUT2D eigenvalue weighted by Crippen LogP contribution is -2.50. The fraction of sp³-hybridized carbons (Fsp3) is 0.370. The number of piperidine rings is 1. The van der Waals surface area contributed by atoms with E-state index >= 15 is 0 Å². The van der Waals surface area contributed by atoms with Crippen molar-refractivity contribution in [3.8, 4) is 0 Å². The largest absolute Gasteiger partial charge is 0.381 e. The fourth-order valence-corrected chi connectivity index (χ4v) is 7.12. The van der Waals surface area contributed by atoms with Gasteiger partial charge in [-0.3, -0.25) is 4.79 Å². The van der Waals surface area contributed by atoms with E-state index in [1.807, 2.05) is 0 Å². The SMILES string of the molecule is CC(=O)N1CC(F)(F)c2c(Sc3ncc(N4CCC5(CC4)c4ccccc4CC5N)nc3N)cccc21. The number of carbonyl (C=O) groups excluding carboxylic acids is 1. The third kappa shape index (κ3) is 3.85. The standard InChI is InChI=1S/C27H28F2N6OS/c1-16(36)35-15-27(28,29)23-19(35)7-4-8-20(23)37-25-24(31)33-22(14-32-25)34-11-9-26(10-12-34)18-6-3-2-5-17(18)13-21(26)30/h2-8,14,21H,9-13,15,30H2,1H3,(H2,31,33). The summed E-state index contributed by atoms with van der Waals surface area (Å²) in [6.07, 6.45) is 4.39. The first-order chi connectivity index (χ1) is 17.7. The maximum Gasteiger partial charge on any atom is 0.293 e. The Hall–Kier alpha value is -3.24. The van der Waals surface area contributed by atoms with Crippen LogP contribution < -0.4 is 21.3 Å². The van der Waals surface area contributed by atoms with Gasteiger partial charge in [-0.15, -0.1) is 0 Å². The molecule has 6 rings (SSSR count). The van der Waals surface area contributed by atoms with Crippen LogP contribution in [0.3, 0.4) is 0 Å². The van der Waals surface area contributed by atoms with Crippen molar-refractivity contribution in [3.63, 3.8) is 0 Å². The molecule has 1 unspecified atom stereocenters. The topological polar surface area (TPSA) is 101 Å². The van der Waals surface area contributed by atoms with Crippen LogP contribution in [0.2, 0.25) is 0 Å². The molecule has 10 heteroatoms. The molecule has 3 heterocycles. The van der Waals surface area contributed by atoms with E-state index in [1.165, 1.54) is 24.1 Å². The molecule has 1 fully saturated rings. The molecular formula is C27H28F2N6OS. The van der Waals surface area contributed by atoms with Gasteiger partial charge in [0.05, 0.1) is 24.0 Å². The van der Waals surface area contributed by atoms with Crippen LogP contribution in [0.15, 0.2) is 58.6 Å². The van der Waals surface area contributed by atoms with Crippen LogP contribution in [-0.2, 0) is 22.6 Å². The first-order valence-electron chi connectivity index (χ1n) is 12.4. The minimum absolute atomic E-state index is 0.0193. The Labute approximate surface area is 218 Å². The monoisotopic (exact) mass is 522 g/mol. The third-order valence-electron chi connectivity index (χ3n) is 8.04. The normalized spacial score (nSPS) is 21.2. The van der Waals surface area contributed by atoms with E-state index in [2.05, 4.69) is 39.1 Å². The van der Waals surface area contributed by atoms with Gasteiger partial charge in [-0.25, -0.2) is 9.97 Å². The molecular weight excluding hydrogens is 494 g/mol. The molecule has 2 aromatic carbocycles. The Morgan fingerprint density at radius 2 is 1.89 bits per heavy atom. The second-order valence-electron chi connectivity index (χ2n) is 10.1. The van der Waals surface area contributed by atoms with Crippen LogP contribution in [0.1, 0.15) is 36.5 Å². The molecule has 1 amide bonds. The first kappa shape index (κ1) is 24.1. The average Bonchev–Trinajstić information content (AvgIpc) is 3.32. The molecule has 192 valence electrons. The van der Waals surface area contributed by atoms with E-state index in [0.717, 1.165) is 49.0 Å². The third-order valence-corrected chi connectivity index (χ3v) is 9.11. The van der Waals surface area contributed by atoms with Gasteiger partial charge in [0.25, 0.3) is 5.92 Å². The highest BCUT2D eigenvalue weighted by atomic mass is 32.2. The number of nitrogen functional groups attached to an aromatic ring is 1. The Kier molecular flexibility index (Phi) is 5.65. The Balaban J connectivity index is 1.21. The van der Waals surface area contributed by atoms with Crippen molar-refractivity contribution in [3.05, 3.63) is 65.4 Å². The summed E-state index contributed by atoms with van der Waals surface area (Å²) in [7, 11) is 0. The number of fused-ring (bicyclic) bond motifs is 3. The molecule has 3 aliphatic rings. The van der Waals surface area contributed by atoms with Gasteiger partial charge in [-0.1, -0.05) is 42.1 Å². The summed E-state index contributed by atoms with van der Waals surface area (Å²) < 4.78 is 29.7. The van der Waals surface area contributed by atoms with Crippen LogP contribution in [0, 0.1) is 0 Å². The van der Waals surface area contributed by atoms with Gasteiger partial charge in [-0.05, 0) is 42.5 Å². The highest BCUT2D eigenvalue weighted by molar-refractivity contribution is 7.99. The number of halogens is 2. The molecule has 3 aromatic rings. The lowest BCUT2D eigenvalue weighted by Gasteiger charge is -2.43. The highest BCUT2D eigenvalue weighted by Crippen LogP contribution is 2.50. The zero-order chi connectivity index (χ0) is 25.9. The van der Waals surface area contributed by atoms with Crippen molar-refractivity contribution < 1.29 is 13.6 Å². The van der Waals surface area contributed by atoms with E-state index in [-0.39, 0.29) is 28.5 Å². The molecule has 1 atom stereocenters. The zero-order valence-corrected chi connectivity index (χ0v) is 21.3. The van der Waals surface area contributed by atoms with Gasteiger partial charge in [0.15, 0.2) is 5.82 Å². The molecule has 1 aromatic heterocycles. The van der Waals surface area contributed by atoms with Gasteiger partial charge in [0, 0.05) is 36.4 Å². The van der Waals surface area contributed by atoms with E-state index < -0.39 is 18.4 Å². The van der Waals surface area contributed by atoms with Crippen LogP contribution >= 0.6 is 11.8 Å². The van der Waals surface area contributed by atoms with Crippen molar-refractivity contribution in [1.29, 1.82) is 0 Å². The molecule has 2 aliphatic heterocycles. The number of amides is 1. The summed E-state index contributed by atoms with van der Waals surface area (Å²) in [5, 5.41) is 0.356. The minimum atomic E-state index is -3.16. The molecule has 1 aliphatic carbocycles. The van der Waals surface area contributed by atoms with Crippen LogP contribution in [0.4, 0.5) is 26.1 Å². The number of benzene rings is 2. The Bertz CT molecular complexity index is 1390. The molecule has 37 heavy (non-hydrogen) atoms. The second-order valence-corrected chi connectivity index (χ2v) is 11.1. The van der Waals surface area contributed by atoms with Gasteiger partial charge in [-0.2, -0.15) is 8.78 Å². The van der Waals surface area contributed by atoms with Crippen molar-refractivity contribution in [2.24, 2.45) is 5.73 Å². The number of anilines is 3. The number of rotatable bonds is 3. The fourth-order valence-electron chi connectivity index (χ4n) is 6.15. The van der Waals surface area contributed by atoms with Crippen molar-refractivity contribution in [1.82, 2.24) is 9.97 Å². The molecule has 7 nitrogen and oxygen atoms in total. The molecule has 4 N–H and O–H groups in total. The molecule has 0 bridgehead atoms. The first-order valence-corrected chi connectivity index (χ1v) is 13.2. The highest BCUT2D eigenvalue weighted by Gasteiger charge is 2.48. The van der Waals surface area contributed by atoms with Crippen LogP contribution in [0.25, 0.3) is 0 Å². The number of alkyl halides is 2. The average molecular weight is 523 g/mol. The summed E-state index contributed by atoms with van der Waals surface area (Å²) in [6, 6.07) is 13.4. The number of hydrogen-bond acceptors (Lipinski definition) is 7. The summed E-state index contributed by atoms with van der Waals surface area (Å²) in [5.41, 5.74) is 15.7. The number of carbonyl (C=O) groups is 1. The number of nitrogens with zero attached hydrogens (tertiary/aromatic N) is 4. The van der Waals surface area contributed by atoms with Crippen molar-refractivity contribution in [2.45, 2.75) is 53.5 Å². The van der Waals surface area contributed by atoms with Gasteiger partial charge >= 0.3 is 0 Å². The summed E-state index contributed by atoms with van der Waals surface area (Å²) >= 11 is 1.05. The van der Waals surface area contributed by atoms with Crippen LogP contribution in [-0.4, -0.2) is 41.6 Å². The van der Waals surface area contributed by atoms with Gasteiger partial charge in [0.2, 0.25) is 5.91 Å². The Morgan fingerprint density at radius 3 is 2.62 bits per heavy atom. The minimum Gasteiger partial charge on any atom is -0.381 e. The van der Waals surface area contributed by atoms with Crippen LogP contribution in [0.5, 0.6) is 0 Å². The Morgan fingerprint density at radius 1 is 1.14 bits per heavy atom. The van der Waals surface area contributed by atoms with E-state index in [4.69, 9.17) is 11.5 Å². The molecule has 0 radical (unpaired) electrons. The number of hydrogen-bond donors (Lipinski definition) is 2. The van der Waals surface area contributed by atoms with Crippen molar-refractivity contribution >= 4 is 35.0 Å². The summed E-state index contributed by atoms with van der Waals surface area (Å²) in [6.45, 7) is 2.18. The predicted octanol–water partition coefficient (Wildman–Crippen LogP) is 4.09. The summed E-state index contributed by atoms with van der Waals surface area (Å²) in [4.78, 5) is 24.6. The number of aromatic nitrogens is 2. The molecule has 1 spiro atoms. The van der Waals surface area contributed by atoms with E-state index in [9.17, 15) is 13.6 Å². The van der Waals surface area contributed by atoms with Crippen molar-refractivity contribution in [2.75, 3.05) is 35.2 Å². The lowest BCUT2D eigenvalue weighted by atomic mass is 9.71. The van der Waals surface area contributed by atoms with Gasteiger partial charge in [0.1, 0.15) is 10.8 Å². The smallest absolute Gasteiger partial charge is 0.293 e. The maximum absolute atomic E-state index is 14.9. The van der Waals surface area contributed by atoms with E-state index in [0.29, 0.717) is 15.7 Å². The maximum atomic E-state index is 14.9. The second kappa shape index (κ2) is 8.66. The molecule has 0 saturated carbocycles. The van der Waals surface area contributed by atoms with Gasteiger partial charge < -0.3 is 21.3 Å². The lowest BCUT2D eigenvalue weighted by molar-refractivity contribution is -0.117. The summed E-state index contributed by atoms with van der Waals surface area (Å²) in [5.74, 6) is -2.72. The van der Waals surface area contributed by atoms with E-state index in [1.54, 1.807) is 18.3 Å². The predicted molar refractivity (Wildman–Crippen MR) is 140 cm³/mol. The quantitative estimate of drug-likeness (QED) is 0.534.